The number of carbonyl (C=O) groups is 2. The molecular weight excluding hydrogens is 362 g/mol. The van der Waals surface area contributed by atoms with Crippen LogP contribution in [0, 0.1) is 5.92 Å². The number of tetrazole rings is 1. The Morgan fingerprint density at radius 2 is 2.07 bits per heavy atom. The number of nitrogens with zero attached hydrogens (tertiary/aromatic N) is 4. The number of aromatic nitrogens is 4. The van der Waals surface area contributed by atoms with E-state index in [1.165, 1.54) is 7.11 Å². The van der Waals surface area contributed by atoms with Crippen molar-refractivity contribution in [3.05, 3.63) is 35.7 Å². The van der Waals surface area contributed by atoms with Crippen molar-refractivity contribution in [1.82, 2.24) is 25.5 Å². The van der Waals surface area contributed by atoms with Crippen LogP contribution in [-0.2, 0) is 15.0 Å². The second-order valence-corrected chi connectivity index (χ2v) is 7.07. The topological polar surface area (TPSA) is 108 Å². The number of hydrogen-bond donors (Lipinski definition) is 1. The zero-order chi connectivity index (χ0) is 20.1. The molecule has 9 nitrogen and oxygen atoms in total. The molecule has 28 heavy (non-hydrogen) atoms. The molecule has 1 fully saturated rings. The van der Waals surface area contributed by atoms with Gasteiger partial charge >= 0.3 is 12.1 Å². The predicted octanol–water partition coefficient (Wildman–Crippen LogP) is 2.60. The molecule has 0 radical (unpaired) electrons. The third kappa shape index (κ3) is 3.97. The van der Waals surface area contributed by atoms with Gasteiger partial charge < -0.3 is 14.8 Å². The molecule has 0 bridgehead atoms. The van der Waals surface area contributed by atoms with E-state index < -0.39 is 17.6 Å². The molecule has 1 aliphatic rings. The first kappa shape index (κ1) is 19.8. The van der Waals surface area contributed by atoms with Crippen LogP contribution < -0.4 is 5.32 Å². The van der Waals surface area contributed by atoms with Crippen LogP contribution in [-0.4, -0.2) is 46.0 Å². The molecule has 1 saturated carbocycles. The summed E-state index contributed by atoms with van der Waals surface area (Å²) < 4.78 is 11.5. The van der Waals surface area contributed by atoms with E-state index in [0.29, 0.717) is 42.4 Å². The van der Waals surface area contributed by atoms with Gasteiger partial charge in [-0.2, -0.15) is 4.68 Å². The summed E-state index contributed by atoms with van der Waals surface area (Å²) in [5.74, 6) is 0.669. The number of esters is 1. The maximum absolute atomic E-state index is 12.1. The monoisotopic (exact) mass is 387 g/mol. The lowest BCUT2D eigenvalue weighted by molar-refractivity contribution is 0.0526. The molecule has 0 aliphatic heterocycles. The maximum Gasteiger partial charge on any atom is 0.407 e. The van der Waals surface area contributed by atoms with Crippen molar-refractivity contribution >= 4 is 12.1 Å². The summed E-state index contributed by atoms with van der Waals surface area (Å²) in [7, 11) is 1.33. The van der Waals surface area contributed by atoms with E-state index in [4.69, 9.17) is 9.47 Å². The average Bonchev–Trinajstić information content (AvgIpc) is 3.21. The number of hydrogen-bond acceptors (Lipinski definition) is 7. The van der Waals surface area contributed by atoms with Gasteiger partial charge in [0.05, 0.1) is 25.0 Å². The largest absolute Gasteiger partial charge is 0.462 e. The van der Waals surface area contributed by atoms with Crippen molar-refractivity contribution in [1.29, 1.82) is 0 Å². The Labute approximate surface area is 163 Å². The molecule has 0 spiro atoms. The molecule has 1 heterocycles. The minimum absolute atomic E-state index is 0.295. The summed E-state index contributed by atoms with van der Waals surface area (Å²) in [5, 5.41) is 15.1. The lowest BCUT2D eigenvalue weighted by atomic mass is 9.76. The number of methoxy groups -OCH3 is 1. The minimum Gasteiger partial charge on any atom is -0.462 e. The fourth-order valence-corrected chi connectivity index (χ4v) is 3.54. The van der Waals surface area contributed by atoms with Gasteiger partial charge in [-0.3, -0.25) is 0 Å². The summed E-state index contributed by atoms with van der Waals surface area (Å²) in [4.78, 5) is 24.1. The lowest BCUT2D eigenvalue weighted by Crippen LogP contribution is -2.49. The van der Waals surface area contributed by atoms with Gasteiger partial charge in [0.2, 0.25) is 0 Å². The number of ether oxygens (including phenoxy) is 2. The third-order valence-corrected chi connectivity index (χ3v) is 5.15. The highest BCUT2D eigenvalue weighted by Crippen LogP contribution is 2.39. The highest BCUT2D eigenvalue weighted by atomic mass is 16.5. The highest BCUT2D eigenvalue weighted by molar-refractivity contribution is 5.90. The quantitative estimate of drug-likeness (QED) is 0.786. The first-order valence-electron chi connectivity index (χ1n) is 9.41. The van der Waals surface area contributed by atoms with Gasteiger partial charge in [0.15, 0.2) is 5.82 Å². The zero-order valence-electron chi connectivity index (χ0n) is 16.3. The van der Waals surface area contributed by atoms with Gasteiger partial charge in [-0.05, 0) is 67.2 Å². The Morgan fingerprint density at radius 1 is 1.32 bits per heavy atom. The van der Waals surface area contributed by atoms with Crippen molar-refractivity contribution in [3.63, 3.8) is 0 Å². The predicted molar refractivity (Wildman–Crippen MR) is 100.0 cm³/mol. The molecule has 1 N–H and O–H groups in total. The molecule has 3 rings (SSSR count). The normalized spacial score (nSPS) is 21.8. The van der Waals surface area contributed by atoms with Crippen molar-refractivity contribution in [3.8, 4) is 5.69 Å². The number of nitrogens with one attached hydrogen (secondary N) is 1. The molecule has 0 saturated heterocycles. The smallest absolute Gasteiger partial charge is 0.407 e. The summed E-state index contributed by atoms with van der Waals surface area (Å²) in [6, 6.07) is 6.90. The van der Waals surface area contributed by atoms with Gasteiger partial charge in [0, 0.05) is 0 Å². The molecule has 150 valence electrons. The SMILES string of the molecule is CCOC(=O)c1cccc(-n2nnnc2C2(NC(=O)OC)CCC(C)CC2)c1. The van der Waals surface area contributed by atoms with E-state index in [1.807, 2.05) is 0 Å². The molecular formula is C19H25N5O4. The van der Waals surface area contributed by atoms with Crippen LogP contribution in [0.4, 0.5) is 4.79 Å². The van der Waals surface area contributed by atoms with Gasteiger partial charge in [0.1, 0.15) is 5.54 Å². The first-order chi connectivity index (χ1) is 13.5. The summed E-state index contributed by atoms with van der Waals surface area (Å²) in [6.45, 7) is 4.24. The van der Waals surface area contributed by atoms with Gasteiger partial charge in [-0.1, -0.05) is 13.0 Å². The van der Waals surface area contributed by atoms with E-state index in [0.717, 1.165) is 12.8 Å². The fraction of sp³-hybridized carbons (Fsp3) is 0.526. The van der Waals surface area contributed by atoms with Crippen molar-refractivity contribution < 1.29 is 19.1 Å². The zero-order valence-corrected chi connectivity index (χ0v) is 16.3. The molecule has 1 aromatic carbocycles. The highest BCUT2D eigenvalue weighted by Gasteiger charge is 2.42. The van der Waals surface area contributed by atoms with E-state index in [2.05, 4.69) is 27.8 Å². The molecule has 1 aliphatic carbocycles. The average molecular weight is 387 g/mol. The summed E-state index contributed by atoms with van der Waals surface area (Å²) in [6.07, 6.45) is 2.73. The number of amides is 1. The Kier molecular flexibility index (Phi) is 5.91. The maximum atomic E-state index is 12.1. The van der Waals surface area contributed by atoms with Crippen LogP contribution in [0.5, 0.6) is 0 Å². The number of alkyl carbamates (subject to hydrolysis) is 1. The van der Waals surface area contributed by atoms with Gasteiger partial charge in [0.25, 0.3) is 0 Å². The first-order valence-corrected chi connectivity index (χ1v) is 9.41. The molecule has 2 aromatic rings. The molecule has 0 unspecified atom stereocenters. The number of benzene rings is 1. The standard InChI is InChI=1S/C19H25N5O4/c1-4-28-16(25)14-6-5-7-15(12-14)24-17(21-22-23-24)19(20-18(26)27-3)10-8-13(2)9-11-19/h5-7,12-13H,4,8-11H2,1-3H3,(H,20,26). The van der Waals surface area contributed by atoms with Crippen LogP contribution >= 0.6 is 0 Å². The van der Waals surface area contributed by atoms with Crippen molar-refractivity contribution in [2.24, 2.45) is 5.92 Å². The summed E-state index contributed by atoms with van der Waals surface area (Å²) >= 11 is 0. The molecule has 1 aromatic heterocycles. The van der Waals surface area contributed by atoms with E-state index in [9.17, 15) is 9.59 Å². The van der Waals surface area contributed by atoms with E-state index in [-0.39, 0.29) is 0 Å². The Morgan fingerprint density at radius 3 is 2.75 bits per heavy atom. The molecule has 9 heteroatoms. The van der Waals surface area contributed by atoms with Gasteiger partial charge in [-0.15, -0.1) is 5.10 Å². The van der Waals surface area contributed by atoms with Crippen molar-refractivity contribution in [2.45, 2.75) is 45.1 Å². The van der Waals surface area contributed by atoms with Crippen LogP contribution in [0.25, 0.3) is 5.69 Å². The van der Waals surface area contributed by atoms with Crippen LogP contribution in [0.1, 0.15) is 55.7 Å². The molecule has 1 amide bonds. The van der Waals surface area contributed by atoms with Crippen LogP contribution in [0.2, 0.25) is 0 Å². The Bertz CT molecular complexity index is 842. The Balaban J connectivity index is 2.00. The lowest BCUT2D eigenvalue weighted by Gasteiger charge is -2.38. The van der Waals surface area contributed by atoms with Crippen molar-refractivity contribution in [2.75, 3.05) is 13.7 Å². The van der Waals surface area contributed by atoms with E-state index >= 15 is 0 Å². The minimum atomic E-state index is -0.733. The van der Waals surface area contributed by atoms with E-state index in [1.54, 1.807) is 35.9 Å². The number of carbonyl (C=O) groups excluding carboxylic acids is 2. The molecule has 0 atom stereocenters. The van der Waals surface area contributed by atoms with Gasteiger partial charge in [-0.25, -0.2) is 9.59 Å². The van der Waals surface area contributed by atoms with Crippen LogP contribution in [0.15, 0.2) is 24.3 Å². The second kappa shape index (κ2) is 8.37. The fourth-order valence-electron chi connectivity index (χ4n) is 3.54. The Hall–Kier alpha value is -2.97. The summed E-state index contributed by atoms with van der Waals surface area (Å²) in [5.41, 5.74) is 0.298. The third-order valence-electron chi connectivity index (χ3n) is 5.15. The number of rotatable bonds is 5. The van der Waals surface area contributed by atoms with Crippen LogP contribution in [0.3, 0.4) is 0 Å². The second-order valence-electron chi connectivity index (χ2n) is 7.07.